The predicted octanol–water partition coefficient (Wildman–Crippen LogP) is 1.65. The minimum atomic E-state index is -1.40. The van der Waals surface area contributed by atoms with E-state index in [1.807, 2.05) is 24.3 Å². The van der Waals surface area contributed by atoms with E-state index in [1.54, 1.807) is 12.4 Å². The molecule has 1 aromatic carbocycles. The minimum Gasteiger partial charge on any atom is -0.493 e. The second-order valence-electron chi connectivity index (χ2n) is 8.74. The number of anilines is 1. The zero-order valence-electron chi connectivity index (χ0n) is 20.4. The Morgan fingerprint density at radius 3 is 2.79 bits per heavy atom. The van der Waals surface area contributed by atoms with Crippen LogP contribution in [0.3, 0.4) is 0 Å². The van der Waals surface area contributed by atoms with Gasteiger partial charge >= 0.3 is 0 Å². The van der Waals surface area contributed by atoms with Gasteiger partial charge in [-0.1, -0.05) is 17.7 Å². The van der Waals surface area contributed by atoms with Gasteiger partial charge in [0.1, 0.15) is 23.9 Å². The van der Waals surface area contributed by atoms with E-state index in [0.717, 1.165) is 27.5 Å². The molecule has 0 aliphatic carbocycles. The lowest BCUT2D eigenvalue weighted by atomic mass is 10.1. The molecule has 15 heteroatoms. The zero-order valence-corrected chi connectivity index (χ0v) is 21.1. The summed E-state index contributed by atoms with van der Waals surface area (Å²) in [7, 11) is 0. The monoisotopic (exact) mass is 555 g/mol. The summed E-state index contributed by atoms with van der Waals surface area (Å²) in [6.45, 7) is -0.418. The molecule has 2 amide bonds. The third-order valence-electron chi connectivity index (χ3n) is 6.18. The molecule has 1 fully saturated rings. The number of amides is 2. The second-order valence-corrected chi connectivity index (χ2v) is 9.13. The van der Waals surface area contributed by atoms with Crippen LogP contribution in [0.4, 0.5) is 10.3 Å². The third-order valence-corrected chi connectivity index (χ3v) is 6.37. The summed E-state index contributed by atoms with van der Waals surface area (Å²) in [5, 5.41) is 24.9. The lowest BCUT2D eigenvalue weighted by Gasteiger charge is -2.23. The Kier molecular flexibility index (Phi) is 7.58. The van der Waals surface area contributed by atoms with E-state index in [-0.39, 0.29) is 43.9 Å². The molecule has 4 heterocycles. The average Bonchev–Trinajstić information content (AvgIpc) is 3.47. The number of rotatable bonds is 8. The van der Waals surface area contributed by atoms with Crippen LogP contribution in [-0.2, 0) is 27.5 Å². The van der Waals surface area contributed by atoms with Crippen molar-refractivity contribution in [2.45, 2.75) is 31.8 Å². The van der Waals surface area contributed by atoms with Crippen molar-refractivity contribution in [2.24, 2.45) is 5.73 Å². The van der Waals surface area contributed by atoms with Crippen LogP contribution in [0.15, 0.2) is 42.7 Å². The average molecular weight is 556 g/mol. The number of alkyl halides is 1. The van der Waals surface area contributed by atoms with E-state index < -0.39 is 29.9 Å². The molecule has 0 spiro atoms. The molecule has 13 nitrogen and oxygen atoms in total. The first-order valence-electron chi connectivity index (χ1n) is 11.8. The van der Waals surface area contributed by atoms with E-state index in [2.05, 4.69) is 30.6 Å². The topological polar surface area (TPSA) is 174 Å². The maximum absolute atomic E-state index is 14.4. The van der Waals surface area contributed by atoms with Crippen LogP contribution in [0.1, 0.15) is 12.1 Å². The number of nitrogens with zero attached hydrogens (tertiary/aromatic N) is 7. The number of halogens is 2. The van der Waals surface area contributed by atoms with Gasteiger partial charge in [0.2, 0.25) is 23.6 Å². The van der Waals surface area contributed by atoms with E-state index in [0.29, 0.717) is 11.2 Å². The number of aromatic nitrogens is 6. The van der Waals surface area contributed by atoms with Crippen molar-refractivity contribution in [2.75, 3.05) is 18.6 Å². The van der Waals surface area contributed by atoms with Crippen molar-refractivity contribution in [1.29, 1.82) is 0 Å². The highest BCUT2D eigenvalue weighted by Gasteiger charge is 2.40. The van der Waals surface area contributed by atoms with E-state index in [9.17, 15) is 19.1 Å². The minimum absolute atomic E-state index is 0.0160. The van der Waals surface area contributed by atoms with Gasteiger partial charge in [0.05, 0.1) is 43.5 Å². The molecule has 2 unspecified atom stereocenters. The van der Waals surface area contributed by atoms with Crippen LogP contribution < -0.4 is 11.1 Å². The number of benzene rings is 1. The highest BCUT2D eigenvalue weighted by Crippen LogP contribution is 2.28. The first kappa shape index (κ1) is 26.3. The van der Waals surface area contributed by atoms with Crippen molar-refractivity contribution in [3.05, 3.63) is 53.6 Å². The van der Waals surface area contributed by atoms with Gasteiger partial charge in [0, 0.05) is 23.4 Å². The summed E-state index contributed by atoms with van der Waals surface area (Å²) in [5.41, 5.74) is 8.42. The number of hydrogen-bond donors (Lipinski definition) is 3. The first-order valence-corrected chi connectivity index (χ1v) is 12.2. The van der Waals surface area contributed by atoms with Crippen molar-refractivity contribution in [1.82, 2.24) is 34.8 Å². The molecule has 3 aromatic heterocycles. The smallest absolute Gasteiger partial charge is 0.249 e. The summed E-state index contributed by atoms with van der Waals surface area (Å²) in [6.07, 6.45) is 1.61. The first-order chi connectivity index (χ1) is 18.8. The van der Waals surface area contributed by atoms with Gasteiger partial charge in [-0.25, -0.2) is 9.37 Å². The van der Waals surface area contributed by atoms with Gasteiger partial charge in [-0.15, -0.1) is 0 Å². The Morgan fingerprint density at radius 1 is 1.21 bits per heavy atom. The summed E-state index contributed by atoms with van der Waals surface area (Å²) in [6, 6.07) is 7.37. The molecular formula is C24H23ClFN9O4. The molecule has 1 aliphatic rings. The maximum atomic E-state index is 14.4. The highest BCUT2D eigenvalue weighted by molar-refractivity contribution is 6.29. The molecule has 39 heavy (non-hydrogen) atoms. The Balaban J connectivity index is 1.39. The van der Waals surface area contributed by atoms with Crippen LogP contribution in [0, 0.1) is 0 Å². The molecule has 4 N–H and O–H groups in total. The number of fused-ring (bicyclic) bond motifs is 1. The summed E-state index contributed by atoms with van der Waals surface area (Å²) >= 11 is 5.79. The van der Waals surface area contributed by atoms with Crippen LogP contribution in [0.2, 0.25) is 5.15 Å². The molecule has 0 radical (unpaired) electrons. The van der Waals surface area contributed by atoms with Gasteiger partial charge in [0.15, 0.2) is 0 Å². The number of nitrogens with one attached hydrogen (secondary N) is 1. The van der Waals surface area contributed by atoms with E-state index >= 15 is 0 Å². The van der Waals surface area contributed by atoms with Crippen molar-refractivity contribution >= 4 is 40.3 Å². The zero-order chi connectivity index (χ0) is 27.5. The van der Waals surface area contributed by atoms with E-state index in [1.165, 1.54) is 4.68 Å². The van der Waals surface area contributed by atoms with Gasteiger partial charge in [-0.2, -0.15) is 20.3 Å². The summed E-state index contributed by atoms with van der Waals surface area (Å²) in [5.74, 6) is -1.93. The summed E-state index contributed by atoms with van der Waals surface area (Å²) < 4.78 is 21.3. The number of likely N-dealkylation sites (tertiary alicyclic amines) is 1. The fraction of sp³-hybridized carbons (Fsp3) is 0.292. The number of hydrogen-bond acceptors (Lipinski definition) is 10. The predicted molar refractivity (Wildman–Crippen MR) is 137 cm³/mol. The lowest BCUT2D eigenvalue weighted by molar-refractivity contribution is -0.137. The number of nitrogens with two attached hydrogens (primary N) is 1. The van der Waals surface area contributed by atoms with Crippen LogP contribution in [0.5, 0.6) is 5.88 Å². The summed E-state index contributed by atoms with van der Waals surface area (Å²) in [4.78, 5) is 34.9. The number of carbonyl (C=O) groups is 2. The third kappa shape index (κ3) is 5.77. The molecule has 4 aromatic rings. The van der Waals surface area contributed by atoms with Crippen LogP contribution in [-0.4, -0.2) is 77.3 Å². The molecule has 0 saturated carbocycles. The Hall–Kier alpha value is -4.27. The molecule has 2 atom stereocenters. The van der Waals surface area contributed by atoms with Crippen molar-refractivity contribution < 1.29 is 23.8 Å². The molecule has 1 saturated heterocycles. The molecule has 202 valence electrons. The maximum Gasteiger partial charge on any atom is 0.249 e. The second kappa shape index (κ2) is 11.2. The van der Waals surface area contributed by atoms with Gasteiger partial charge in [-0.3, -0.25) is 19.6 Å². The van der Waals surface area contributed by atoms with Crippen molar-refractivity contribution in [3.8, 4) is 17.0 Å². The van der Waals surface area contributed by atoms with Crippen molar-refractivity contribution in [3.63, 3.8) is 0 Å². The highest BCUT2D eigenvalue weighted by atomic mass is 35.5. The Morgan fingerprint density at radius 2 is 2.05 bits per heavy atom. The molecular weight excluding hydrogens is 533 g/mol. The Bertz CT molecular complexity index is 1500. The fourth-order valence-corrected chi connectivity index (χ4v) is 4.63. The van der Waals surface area contributed by atoms with E-state index in [4.69, 9.17) is 22.1 Å². The number of aromatic hydroxyl groups is 1. The standard InChI is InChI=1S/C24H23ClFN9O4/c25-20-7-21(36)31-24(30-20)32-23(38)19-6-15(26)9-34(19)22(37)10-35-18-2-1-13(14-3-4-28-29-8-14)5-16(18)17(33-35)11-39-12-27/h1-5,7-8,15,19H,6,9-12,27H2,(H2,30,31,32,36,38). The van der Waals surface area contributed by atoms with Gasteiger partial charge in [0.25, 0.3) is 0 Å². The molecule has 1 aliphatic heterocycles. The number of carbonyl (C=O) groups excluding carboxylic acids is 2. The Labute approximate surface area is 225 Å². The number of ether oxygens (including phenoxy) is 1. The lowest BCUT2D eigenvalue weighted by Crippen LogP contribution is -2.44. The molecule has 0 bridgehead atoms. The normalized spacial score (nSPS) is 17.1. The quantitative estimate of drug-likeness (QED) is 0.214. The van der Waals surface area contributed by atoms with Crippen LogP contribution >= 0.6 is 11.6 Å². The van der Waals surface area contributed by atoms with Gasteiger partial charge in [-0.05, 0) is 23.8 Å². The SMILES string of the molecule is NCOCc1nn(CC(=O)N2CC(F)CC2C(=O)Nc2nc(O)cc(Cl)n2)c2ccc(-c3ccnnc3)cc12. The van der Waals surface area contributed by atoms with Crippen LogP contribution in [0.25, 0.3) is 22.0 Å². The fourth-order valence-electron chi connectivity index (χ4n) is 4.45. The molecule has 5 rings (SSSR count). The van der Waals surface area contributed by atoms with Gasteiger partial charge < -0.3 is 20.5 Å². The largest absolute Gasteiger partial charge is 0.493 e.